The van der Waals surface area contributed by atoms with Gasteiger partial charge in [0.05, 0.1) is 6.04 Å². The molecule has 3 aromatic rings. The number of hydrogen-bond donors (Lipinski definition) is 10. The minimum atomic E-state index is -1.34. The van der Waals surface area contributed by atoms with Gasteiger partial charge in [-0.15, -0.1) is 0 Å². The van der Waals surface area contributed by atoms with Crippen LogP contribution in [-0.2, 0) is 57.6 Å². The van der Waals surface area contributed by atoms with Gasteiger partial charge in [0.1, 0.15) is 42.3 Å². The van der Waals surface area contributed by atoms with Crippen molar-refractivity contribution < 1.29 is 43.5 Å². The number of nitrogens with two attached hydrogens (primary N) is 2. The Labute approximate surface area is 398 Å². The molecule has 3 aromatic carbocycles. The fourth-order valence-corrected chi connectivity index (χ4v) is 6.66. The van der Waals surface area contributed by atoms with Crippen molar-refractivity contribution in [2.45, 2.75) is 115 Å². The zero-order valence-electron chi connectivity index (χ0n) is 37.0. The van der Waals surface area contributed by atoms with Gasteiger partial charge in [-0.3, -0.25) is 33.6 Å². The van der Waals surface area contributed by atoms with Crippen LogP contribution in [-0.4, -0.2) is 107 Å². The van der Waals surface area contributed by atoms with Crippen molar-refractivity contribution in [2.24, 2.45) is 11.5 Å². The van der Waals surface area contributed by atoms with Gasteiger partial charge in [-0.2, -0.15) is 0 Å². The molecule has 18 nitrogen and oxygen atoms in total. The molecular weight excluding hydrogens is 917 g/mol. The van der Waals surface area contributed by atoms with Gasteiger partial charge >= 0.3 is 5.97 Å². The van der Waals surface area contributed by atoms with E-state index >= 15 is 0 Å². The molecule has 8 atom stereocenters. The van der Waals surface area contributed by atoms with E-state index in [4.69, 9.17) is 46.3 Å². The first kappa shape index (κ1) is 54.5. The summed E-state index contributed by atoms with van der Waals surface area (Å²) in [6.45, 7) is 5.87. The fourth-order valence-electron chi connectivity index (χ4n) is 6.28. The molecule has 0 aliphatic heterocycles. The highest BCUT2D eigenvalue weighted by atomic mass is 35.5. The Balaban J connectivity index is 1.81. The Morgan fingerprint density at radius 3 is 1.06 bits per heavy atom. The average molecular weight is 975 g/mol. The molecule has 8 unspecified atom stereocenters. The van der Waals surface area contributed by atoms with Crippen LogP contribution in [0.5, 0.6) is 0 Å². The third-order valence-electron chi connectivity index (χ3n) is 10.2. The largest absolute Gasteiger partial charge is 0.480 e. The highest BCUT2D eigenvalue weighted by molar-refractivity contribution is 6.31. The normalized spacial score (nSPS) is 14.6. The number of carbonyl (C=O) groups excluding carboxylic acids is 7. The molecule has 0 saturated carbocycles. The predicted octanol–water partition coefficient (Wildman–Crippen LogP) is 1.69. The third-order valence-corrected chi connectivity index (χ3v) is 10.9. The monoisotopic (exact) mass is 973 g/mol. The van der Waals surface area contributed by atoms with Crippen LogP contribution < -0.4 is 48.7 Å². The van der Waals surface area contributed by atoms with Gasteiger partial charge in [0.2, 0.25) is 41.4 Å². The summed E-state index contributed by atoms with van der Waals surface area (Å²) >= 11 is 18.3. The summed E-state index contributed by atoms with van der Waals surface area (Å²) in [5.41, 5.74) is 13.1. The van der Waals surface area contributed by atoms with E-state index < -0.39 is 95.7 Å². The molecule has 358 valence electrons. The number of rotatable bonds is 25. The fraction of sp³-hybridized carbons (Fsp3) is 0.422. The van der Waals surface area contributed by atoms with Gasteiger partial charge in [-0.25, -0.2) is 4.79 Å². The Hall–Kier alpha value is -5.79. The summed E-state index contributed by atoms with van der Waals surface area (Å²) in [4.78, 5) is 106. The van der Waals surface area contributed by atoms with Crippen LogP contribution in [0, 0.1) is 0 Å². The summed E-state index contributed by atoms with van der Waals surface area (Å²) in [5, 5.41) is 28.8. The average Bonchev–Trinajstić information content (AvgIpc) is 3.27. The van der Waals surface area contributed by atoms with E-state index in [1.807, 2.05) is 0 Å². The molecule has 0 spiro atoms. The standard InChI is InChI=1S/C45H58Cl3N9O9/c1-24(50)38(58)55-36(22-29-10-16-32(47)17-11-29)43(63)57-37(23-30-12-18-33(48)19-13-30)44(64)56-35(21-28-8-14-31(46)15-9-28)42(62)53-26(3)40(60)51-25(2)39(59)52-27(4)41(61)54-34(45(65)66)7-5-6-20-49/h8-19,24-27,34-37H,5-7,20-23,49-50H2,1-4H3,(H,51,60)(H,52,59)(H,53,62)(H,54,61)(H,55,58)(H,56,64)(H,57,63)(H,65,66). The number of nitrogens with one attached hydrogen (secondary N) is 7. The molecular formula is C45H58Cl3N9O9. The quantitative estimate of drug-likeness (QED) is 0.0546. The molecule has 21 heteroatoms. The number of carbonyl (C=O) groups is 8. The number of carboxylic acids is 1. The van der Waals surface area contributed by atoms with Crippen molar-refractivity contribution in [3.8, 4) is 0 Å². The molecule has 0 aliphatic rings. The Morgan fingerprint density at radius 2 is 0.742 bits per heavy atom. The van der Waals surface area contributed by atoms with E-state index in [1.165, 1.54) is 27.7 Å². The van der Waals surface area contributed by atoms with Crippen LogP contribution in [0.1, 0.15) is 63.6 Å². The molecule has 12 N–H and O–H groups in total. The van der Waals surface area contributed by atoms with Crippen LogP contribution in [0.15, 0.2) is 72.8 Å². The van der Waals surface area contributed by atoms with Crippen molar-refractivity contribution in [1.82, 2.24) is 37.2 Å². The lowest BCUT2D eigenvalue weighted by Crippen LogP contribution is -2.60. The smallest absolute Gasteiger partial charge is 0.326 e. The number of halogens is 3. The van der Waals surface area contributed by atoms with E-state index in [9.17, 15) is 43.5 Å². The zero-order chi connectivity index (χ0) is 49.1. The molecule has 0 fully saturated rings. The number of unbranched alkanes of at least 4 members (excludes halogenated alkanes) is 1. The van der Waals surface area contributed by atoms with Gasteiger partial charge in [0.25, 0.3) is 0 Å². The number of benzene rings is 3. The van der Waals surface area contributed by atoms with E-state index in [-0.39, 0.29) is 25.7 Å². The Morgan fingerprint density at radius 1 is 0.455 bits per heavy atom. The molecule has 0 aromatic heterocycles. The number of carboxylic acid groups (broad SMARTS) is 1. The first-order valence-corrected chi connectivity index (χ1v) is 22.3. The van der Waals surface area contributed by atoms with Crippen molar-refractivity contribution in [3.63, 3.8) is 0 Å². The molecule has 3 rings (SSSR count). The highest BCUT2D eigenvalue weighted by Gasteiger charge is 2.33. The first-order valence-electron chi connectivity index (χ1n) is 21.2. The molecule has 66 heavy (non-hydrogen) atoms. The minimum Gasteiger partial charge on any atom is -0.480 e. The summed E-state index contributed by atoms with van der Waals surface area (Å²) in [5.74, 6) is -6.49. The van der Waals surface area contributed by atoms with Crippen LogP contribution in [0.3, 0.4) is 0 Å². The number of aliphatic carboxylic acids is 1. The van der Waals surface area contributed by atoms with Crippen molar-refractivity contribution >= 4 is 82.1 Å². The highest BCUT2D eigenvalue weighted by Crippen LogP contribution is 2.15. The topological polar surface area (TPSA) is 293 Å². The maximum Gasteiger partial charge on any atom is 0.326 e. The van der Waals surface area contributed by atoms with E-state index in [0.29, 0.717) is 51.1 Å². The maximum absolute atomic E-state index is 14.3. The molecule has 0 radical (unpaired) electrons. The summed E-state index contributed by atoms with van der Waals surface area (Å²) in [6.07, 6.45) is 1.01. The first-order chi connectivity index (χ1) is 31.2. The van der Waals surface area contributed by atoms with Gasteiger partial charge in [-0.1, -0.05) is 71.2 Å². The summed E-state index contributed by atoms with van der Waals surface area (Å²) < 4.78 is 0. The number of amides is 7. The maximum atomic E-state index is 14.3. The molecule has 0 heterocycles. The Bertz CT molecular complexity index is 2150. The summed E-state index contributed by atoms with van der Waals surface area (Å²) in [6, 6.07) is 9.97. The SMILES string of the molecule is CC(N)C(=O)NC(Cc1ccc(Cl)cc1)C(=O)NC(Cc1ccc(Cl)cc1)C(=O)NC(Cc1ccc(Cl)cc1)C(=O)NC(C)C(=O)NC(C)C(=O)NC(C)C(=O)NC(CCCCN)C(=O)O. The predicted molar refractivity (Wildman–Crippen MR) is 250 cm³/mol. The van der Waals surface area contributed by atoms with Crippen molar-refractivity contribution in [2.75, 3.05) is 6.54 Å². The van der Waals surface area contributed by atoms with Crippen molar-refractivity contribution in [1.29, 1.82) is 0 Å². The lowest BCUT2D eigenvalue weighted by Gasteiger charge is -2.27. The number of hydrogen-bond acceptors (Lipinski definition) is 10. The third kappa shape index (κ3) is 18.6. The van der Waals surface area contributed by atoms with Crippen molar-refractivity contribution in [3.05, 3.63) is 105 Å². The molecule has 0 bridgehead atoms. The van der Waals surface area contributed by atoms with Crippen LogP contribution in [0.25, 0.3) is 0 Å². The van der Waals surface area contributed by atoms with Gasteiger partial charge in [-0.05, 0) is 107 Å². The van der Waals surface area contributed by atoms with E-state index in [2.05, 4.69) is 37.2 Å². The zero-order valence-corrected chi connectivity index (χ0v) is 39.3. The second kappa shape index (κ2) is 27.0. The molecule has 0 aliphatic carbocycles. The van der Waals surface area contributed by atoms with Crippen LogP contribution >= 0.6 is 34.8 Å². The van der Waals surface area contributed by atoms with Gasteiger partial charge in [0, 0.05) is 34.3 Å². The lowest BCUT2D eigenvalue weighted by atomic mass is 10.0. The van der Waals surface area contributed by atoms with Gasteiger partial charge < -0.3 is 53.8 Å². The van der Waals surface area contributed by atoms with Gasteiger partial charge in [0.15, 0.2) is 0 Å². The van der Waals surface area contributed by atoms with E-state index in [0.717, 1.165) is 0 Å². The second-order valence-electron chi connectivity index (χ2n) is 15.8. The molecule has 0 saturated heterocycles. The summed E-state index contributed by atoms with van der Waals surface area (Å²) in [7, 11) is 0. The Kier molecular flexibility index (Phi) is 22.3. The van der Waals surface area contributed by atoms with E-state index in [1.54, 1.807) is 72.8 Å². The minimum absolute atomic E-state index is 0.0100. The van der Waals surface area contributed by atoms with Crippen LogP contribution in [0.4, 0.5) is 0 Å². The molecule has 7 amide bonds. The lowest BCUT2D eigenvalue weighted by molar-refractivity contribution is -0.142. The second-order valence-corrected chi connectivity index (χ2v) is 17.1. The van der Waals surface area contributed by atoms with Crippen LogP contribution in [0.2, 0.25) is 15.1 Å².